The van der Waals surface area contributed by atoms with Gasteiger partial charge < -0.3 is 0 Å². The summed E-state index contributed by atoms with van der Waals surface area (Å²) in [4.78, 5) is 10.4. The van der Waals surface area contributed by atoms with E-state index in [1.165, 1.54) is 0 Å². The fourth-order valence-corrected chi connectivity index (χ4v) is 1.91. The maximum absolute atomic E-state index is 10.4. The number of nitrogens with one attached hydrogen (secondary N) is 1. The second-order valence-electron chi connectivity index (χ2n) is 2.47. The van der Waals surface area contributed by atoms with Crippen LogP contribution in [0.1, 0.15) is 6.92 Å². The Bertz CT molecular complexity index is 300. The Morgan fingerprint density at radius 1 is 1.50 bits per heavy atom. The topological polar surface area (TPSA) is 64.3 Å². The number of ether oxygens (including phenoxy) is 1. The quantitative estimate of drug-likeness (QED) is 0.747. The number of urea groups is 1. The number of hydrogen-bond donors (Lipinski definition) is 2. The standard InChI is InChI=1S/C9H12N2O2Se/c1-2-13-7-3-5-8(6-4-7)14-11-9(10)12/h3-6H,2H2,1H3,(H3,10,11,12). The van der Waals surface area contributed by atoms with Crippen LogP contribution < -0.4 is 19.3 Å². The van der Waals surface area contributed by atoms with Crippen molar-refractivity contribution in [1.29, 1.82) is 0 Å². The number of hydrogen-bond acceptors (Lipinski definition) is 2. The van der Waals surface area contributed by atoms with Crippen LogP contribution in [-0.2, 0) is 0 Å². The van der Waals surface area contributed by atoms with Gasteiger partial charge in [-0.1, -0.05) is 0 Å². The van der Waals surface area contributed by atoms with Gasteiger partial charge in [0.25, 0.3) is 0 Å². The first-order valence-electron chi connectivity index (χ1n) is 4.17. The van der Waals surface area contributed by atoms with E-state index in [-0.39, 0.29) is 15.2 Å². The van der Waals surface area contributed by atoms with Crippen LogP contribution >= 0.6 is 0 Å². The van der Waals surface area contributed by atoms with Crippen LogP contribution in [0.15, 0.2) is 24.3 Å². The first-order chi connectivity index (χ1) is 6.72. The van der Waals surface area contributed by atoms with E-state index in [4.69, 9.17) is 10.5 Å². The summed E-state index contributed by atoms with van der Waals surface area (Å²) in [5.41, 5.74) is 4.96. The van der Waals surface area contributed by atoms with E-state index in [1.54, 1.807) is 0 Å². The Morgan fingerprint density at radius 3 is 2.64 bits per heavy atom. The number of rotatable bonds is 4. The minimum absolute atomic E-state index is 0.101. The van der Waals surface area contributed by atoms with Crippen molar-refractivity contribution in [3.8, 4) is 5.75 Å². The molecule has 0 aromatic heterocycles. The van der Waals surface area contributed by atoms with Gasteiger partial charge in [0.05, 0.1) is 0 Å². The van der Waals surface area contributed by atoms with Crippen molar-refractivity contribution >= 4 is 25.7 Å². The van der Waals surface area contributed by atoms with E-state index in [0.29, 0.717) is 6.61 Å². The molecule has 5 heteroatoms. The Kier molecular flexibility index (Phi) is 4.29. The second kappa shape index (κ2) is 5.52. The first-order valence-corrected chi connectivity index (χ1v) is 5.89. The molecular weight excluding hydrogens is 247 g/mol. The molecule has 4 nitrogen and oxygen atoms in total. The Morgan fingerprint density at radius 2 is 2.14 bits per heavy atom. The summed E-state index contributed by atoms with van der Waals surface area (Å²) in [6.45, 7) is 2.59. The van der Waals surface area contributed by atoms with Crippen molar-refractivity contribution in [2.75, 3.05) is 6.61 Å². The van der Waals surface area contributed by atoms with Gasteiger partial charge in [0.2, 0.25) is 0 Å². The Balaban J connectivity index is 2.50. The third-order valence-corrected chi connectivity index (χ3v) is 3.11. The van der Waals surface area contributed by atoms with Crippen molar-refractivity contribution in [3.05, 3.63) is 24.3 Å². The van der Waals surface area contributed by atoms with Crippen LogP contribution in [0.25, 0.3) is 0 Å². The predicted octanol–water partition coefficient (Wildman–Crippen LogP) is -0.00190. The van der Waals surface area contributed by atoms with Crippen LogP contribution in [0.5, 0.6) is 5.75 Å². The normalized spacial score (nSPS) is 9.50. The van der Waals surface area contributed by atoms with Gasteiger partial charge in [-0.15, -0.1) is 0 Å². The summed E-state index contributed by atoms with van der Waals surface area (Å²) >= 11 is -0.101. The molecule has 0 spiro atoms. The van der Waals surface area contributed by atoms with E-state index >= 15 is 0 Å². The van der Waals surface area contributed by atoms with Crippen molar-refractivity contribution < 1.29 is 9.53 Å². The Labute approximate surface area is 89.2 Å². The number of benzene rings is 1. The fourth-order valence-electron chi connectivity index (χ4n) is 0.880. The number of nitrogens with two attached hydrogens (primary N) is 1. The van der Waals surface area contributed by atoms with Gasteiger partial charge in [-0.2, -0.15) is 0 Å². The van der Waals surface area contributed by atoms with E-state index in [0.717, 1.165) is 10.2 Å². The predicted molar refractivity (Wildman–Crippen MR) is 55.7 cm³/mol. The molecule has 2 amide bonds. The summed E-state index contributed by atoms with van der Waals surface area (Å²) < 4.78 is 8.91. The van der Waals surface area contributed by atoms with Crippen LogP contribution in [-0.4, -0.2) is 27.8 Å². The van der Waals surface area contributed by atoms with Gasteiger partial charge in [-0.25, -0.2) is 0 Å². The SMILES string of the molecule is CCOc1ccc([Se]NC(N)=O)cc1. The van der Waals surface area contributed by atoms with E-state index in [9.17, 15) is 4.79 Å². The van der Waals surface area contributed by atoms with Gasteiger partial charge >= 0.3 is 88.8 Å². The molecule has 0 bridgehead atoms. The molecule has 1 rings (SSSR count). The monoisotopic (exact) mass is 260 g/mol. The molecule has 14 heavy (non-hydrogen) atoms. The van der Waals surface area contributed by atoms with Crippen molar-refractivity contribution in [1.82, 2.24) is 4.33 Å². The summed E-state index contributed by atoms with van der Waals surface area (Å²) in [5.74, 6) is 0.839. The van der Waals surface area contributed by atoms with Crippen LogP contribution in [0.3, 0.4) is 0 Å². The van der Waals surface area contributed by atoms with Gasteiger partial charge in [-0.3, -0.25) is 0 Å². The molecule has 0 aliphatic carbocycles. The average Bonchev–Trinajstić information content (AvgIpc) is 2.17. The van der Waals surface area contributed by atoms with Gasteiger partial charge in [0, 0.05) is 0 Å². The molecule has 0 fully saturated rings. The van der Waals surface area contributed by atoms with Crippen molar-refractivity contribution in [3.63, 3.8) is 0 Å². The Hall–Kier alpha value is -1.19. The van der Waals surface area contributed by atoms with E-state index < -0.39 is 6.03 Å². The van der Waals surface area contributed by atoms with Crippen molar-refractivity contribution in [2.45, 2.75) is 6.92 Å². The van der Waals surface area contributed by atoms with Gasteiger partial charge in [-0.05, 0) is 0 Å². The zero-order valence-electron chi connectivity index (χ0n) is 7.82. The molecule has 3 N–H and O–H groups in total. The maximum atomic E-state index is 10.4. The second-order valence-corrected chi connectivity index (χ2v) is 4.32. The zero-order chi connectivity index (χ0) is 10.4. The number of amides is 2. The van der Waals surface area contributed by atoms with Gasteiger partial charge in [0.1, 0.15) is 0 Å². The van der Waals surface area contributed by atoms with Crippen LogP contribution in [0.2, 0.25) is 0 Å². The molecular formula is C9H12N2O2Se. The zero-order valence-corrected chi connectivity index (χ0v) is 9.53. The summed E-state index contributed by atoms with van der Waals surface area (Å²) in [7, 11) is 0. The molecule has 0 heterocycles. The molecule has 0 aliphatic rings. The molecule has 0 unspecified atom stereocenters. The van der Waals surface area contributed by atoms with Crippen molar-refractivity contribution in [2.24, 2.45) is 5.73 Å². The first kappa shape index (κ1) is 10.9. The molecule has 1 aromatic rings. The summed E-state index contributed by atoms with van der Waals surface area (Å²) in [6, 6.07) is 7.10. The number of primary amides is 1. The minimum atomic E-state index is -0.487. The average molecular weight is 259 g/mol. The third-order valence-electron chi connectivity index (χ3n) is 1.40. The molecule has 0 aliphatic heterocycles. The van der Waals surface area contributed by atoms with Crippen LogP contribution in [0.4, 0.5) is 4.79 Å². The third kappa shape index (κ3) is 3.68. The molecule has 0 atom stereocenters. The number of carbonyl (C=O) groups is 1. The summed E-state index contributed by atoms with van der Waals surface area (Å²) in [6.07, 6.45) is 0. The molecule has 76 valence electrons. The fraction of sp³-hybridized carbons (Fsp3) is 0.222. The molecule has 1 aromatic carbocycles. The number of carbonyl (C=O) groups excluding carboxylic acids is 1. The molecule has 0 radical (unpaired) electrons. The molecule has 0 saturated carbocycles. The molecule has 0 saturated heterocycles. The van der Waals surface area contributed by atoms with E-state index in [1.807, 2.05) is 31.2 Å². The van der Waals surface area contributed by atoms with E-state index in [2.05, 4.69) is 4.33 Å². The summed E-state index contributed by atoms with van der Waals surface area (Å²) in [5, 5.41) is 0. The van der Waals surface area contributed by atoms with Gasteiger partial charge in [0.15, 0.2) is 0 Å². The van der Waals surface area contributed by atoms with Crippen LogP contribution in [0, 0.1) is 0 Å².